The van der Waals surface area contributed by atoms with E-state index < -0.39 is 40.7 Å². The third-order valence-electron chi connectivity index (χ3n) is 5.85. The van der Waals surface area contributed by atoms with Gasteiger partial charge in [-0.2, -0.15) is 0 Å². The van der Waals surface area contributed by atoms with Crippen molar-refractivity contribution < 1.29 is 48.9 Å². The van der Waals surface area contributed by atoms with Crippen molar-refractivity contribution in [3.05, 3.63) is 40.5 Å². The van der Waals surface area contributed by atoms with Crippen LogP contribution in [0.1, 0.15) is 54.3 Å². The molecule has 0 amide bonds. The molecule has 0 saturated carbocycles. The summed E-state index contributed by atoms with van der Waals surface area (Å²) in [7, 11) is 0. The zero-order chi connectivity index (χ0) is 20.4. The molecule has 1 aromatic carbocycles. The molecule has 6 nitrogen and oxygen atoms in total. The van der Waals surface area contributed by atoms with E-state index in [-0.39, 0.29) is 34.4 Å². The van der Waals surface area contributed by atoms with Gasteiger partial charge in [-0.1, -0.05) is 0 Å². The Hall–Kier alpha value is -1.01. The summed E-state index contributed by atoms with van der Waals surface area (Å²) in [5.74, 6) is -1.75. The summed E-state index contributed by atoms with van der Waals surface area (Å²) >= 11 is 0.920. The van der Waals surface area contributed by atoms with Gasteiger partial charge in [-0.25, -0.2) is 0 Å². The third-order valence-corrected chi connectivity index (χ3v) is 11.5. The van der Waals surface area contributed by atoms with Crippen LogP contribution in [0.4, 0.5) is 0 Å². The summed E-state index contributed by atoms with van der Waals surface area (Å²) in [6, 6.07) is 4.54. The summed E-state index contributed by atoms with van der Waals surface area (Å²) in [6.07, 6.45) is 0.687. The Morgan fingerprint density at radius 3 is 2.64 bits per heavy atom. The van der Waals surface area contributed by atoms with Crippen LogP contribution < -0.4 is 21.6 Å². The number of rotatable bonds is 2. The fourth-order valence-electron chi connectivity index (χ4n) is 4.11. The van der Waals surface area contributed by atoms with Gasteiger partial charge in [0.05, 0.1) is 0 Å². The second kappa shape index (κ2) is 6.76. The molecular weight excluding hydrogens is 590 g/mol. The van der Waals surface area contributed by atoms with Crippen LogP contribution in [0, 0.1) is 5.92 Å². The molecule has 1 aliphatic carbocycles. The van der Waals surface area contributed by atoms with Crippen LogP contribution in [0.5, 0.6) is 5.75 Å². The minimum absolute atomic E-state index is 0.0404. The van der Waals surface area contributed by atoms with Gasteiger partial charge >= 0.3 is 188 Å². The molecule has 1 N–H and O–H groups in total. The SMILES string of the molecule is CCCC1O[C@]2(C)[C@@H](C)C(=O)O[I-][C@]2(I)C2=C1C(=O)c1c(O)cccc1C2=O. The number of phenolic OH excluding ortho intramolecular Hbond substituents is 1. The number of carbonyl (C=O) groups is 3. The van der Waals surface area contributed by atoms with Crippen molar-refractivity contribution >= 4 is 40.1 Å². The predicted octanol–water partition coefficient (Wildman–Crippen LogP) is 0.354. The van der Waals surface area contributed by atoms with Gasteiger partial charge in [0.2, 0.25) is 0 Å². The van der Waals surface area contributed by atoms with E-state index >= 15 is 0 Å². The van der Waals surface area contributed by atoms with Gasteiger partial charge in [0.25, 0.3) is 0 Å². The van der Waals surface area contributed by atoms with Crippen LogP contribution in [0.15, 0.2) is 29.3 Å². The quantitative estimate of drug-likeness (QED) is 0.385. The molecule has 0 bridgehead atoms. The Morgan fingerprint density at radius 2 is 1.96 bits per heavy atom. The molecule has 0 radical (unpaired) electrons. The number of carbonyl (C=O) groups excluding carboxylic acids is 3. The van der Waals surface area contributed by atoms with Gasteiger partial charge in [-0.05, 0) is 0 Å². The average Bonchev–Trinajstić information content (AvgIpc) is 2.65. The van der Waals surface area contributed by atoms with E-state index in [0.717, 1.165) is 6.42 Å². The number of benzene rings is 1. The van der Waals surface area contributed by atoms with Crippen LogP contribution >= 0.6 is 22.6 Å². The predicted molar refractivity (Wildman–Crippen MR) is 104 cm³/mol. The maximum atomic E-state index is 13.6. The van der Waals surface area contributed by atoms with E-state index in [1.165, 1.54) is 6.07 Å². The second-order valence-electron chi connectivity index (χ2n) is 7.42. The minimum atomic E-state index is -1.25. The summed E-state index contributed by atoms with van der Waals surface area (Å²) in [5, 5.41) is 10.3. The van der Waals surface area contributed by atoms with E-state index in [1.54, 1.807) is 19.1 Å². The van der Waals surface area contributed by atoms with Crippen LogP contribution in [0.3, 0.4) is 0 Å². The number of halogens is 2. The number of ether oxygens (including phenoxy) is 1. The standard InChI is InChI=1S/C20H19I2O6/c1-4-6-12-14-15(16(24)10-7-5-8-11(23)13(10)17(14)25)20(21)19(3,27-12)9(2)18(26)28-22-20/h5,7-9,12,23H,4,6H2,1-3H3/q-1/t9-,12?,19+,20+/m0/s1. The molecule has 0 spiro atoms. The van der Waals surface area contributed by atoms with Gasteiger partial charge in [0.1, 0.15) is 0 Å². The van der Waals surface area contributed by atoms with Crippen molar-refractivity contribution in [3.8, 4) is 5.75 Å². The monoisotopic (exact) mass is 609 g/mol. The van der Waals surface area contributed by atoms with E-state index in [4.69, 9.17) is 7.80 Å². The summed E-state index contributed by atoms with van der Waals surface area (Å²) < 4.78 is 11.1. The van der Waals surface area contributed by atoms with Crippen molar-refractivity contribution in [2.75, 3.05) is 0 Å². The number of hydrogen-bond donors (Lipinski definition) is 1. The number of phenols is 1. The van der Waals surface area contributed by atoms with Crippen LogP contribution in [-0.2, 0) is 12.6 Å². The van der Waals surface area contributed by atoms with Crippen molar-refractivity contribution in [2.45, 2.75) is 46.7 Å². The molecule has 28 heavy (non-hydrogen) atoms. The Morgan fingerprint density at radius 1 is 1.25 bits per heavy atom. The van der Waals surface area contributed by atoms with Crippen molar-refractivity contribution in [1.82, 2.24) is 0 Å². The van der Waals surface area contributed by atoms with Crippen molar-refractivity contribution in [1.29, 1.82) is 0 Å². The molecule has 2 aliphatic heterocycles. The molecule has 150 valence electrons. The van der Waals surface area contributed by atoms with Crippen molar-refractivity contribution in [2.24, 2.45) is 5.92 Å². The average molecular weight is 609 g/mol. The van der Waals surface area contributed by atoms with Crippen LogP contribution in [0.25, 0.3) is 0 Å². The first kappa shape index (κ1) is 20.3. The van der Waals surface area contributed by atoms with Gasteiger partial charge in [-0.15, -0.1) is 0 Å². The topological polar surface area (TPSA) is 89.9 Å². The molecule has 4 rings (SSSR count). The molecule has 1 unspecified atom stereocenters. The molecular formula is C20H19I2O6-. The first-order valence-electron chi connectivity index (χ1n) is 9.06. The summed E-state index contributed by atoms with van der Waals surface area (Å²) in [4.78, 5) is 39.3. The van der Waals surface area contributed by atoms with Crippen molar-refractivity contribution in [3.63, 3.8) is 0 Å². The zero-order valence-corrected chi connectivity index (χ0v) is 19.9. The summed E-state index contributed by atoms with van der Waals surface area (Å²) in [6.45, 7) is 5.58. The number of fused-ring (bicyclic) bond motifs is 3. The van der Waals surface area contributed by atoms with E-state index in [2.05, 4.69) is 22.6 Å². The third kappa shape index (κ3) is 2.49. The normalized spacial score (nSPS) is 34.8. The van der Waals surface area contributed by atoms with Gasteiger partial charge in [0.15, 0.2) is 0 Å². The van der Waals surface area contributed by atoms with E-state index in [9.17, 15) is 19.5 Å². The molecule has 1 fully saturated rings. The number of alkyl halides is 2. The fraction of sp³-hybridized carbons (Fsp3) is 0.450. The fourth-order valence-corrected chi connectivity index (χ4v) is 8.48. The van der Waals surface area contributed by atoms with Gasteiger partial charge in [-0.3, -0.25) is 0 Å². The Bertz CT molecular complexity index is 954. The van der Waals surface area contributed by atoms with Crippen LogP contribution in [-0.4, -0.2) is 35.8 Å². The molecule has 0 aromatic heterocycles. The Balaban J connectivity index is 2.01. The number of hydrogen-bond acceptors (Lipinski definition) is 6. The molecule has 4 atom stereocenters. The Kier molecular flexibility index (Phi) is 4.90. The molecule has 8 heteroatoms. The van der Waals surface area contributed by atoms with Crippen LogP contribution in [0.2, 0.25) is 0 Å². The maximum absolute atomic E-state index is 13.6. The molecule has 3 aliphatic rings. The second-order valence-corrected chi connectivity index (χ2v) is 13.6. The number of ketones is 2. The molecule has 1 saturated heterocycles. The Labute approximate surface area is 187 Å². The first-order valence-corrected chi connectivity index (χ1v) is 12.1. The molecule has 1 aromatic rings. The first-order chi connectivity index (χ1) is 13.2. The summed E-state index contributed by atoms with van der Waals surface area (Å²) in [5.41, 5.74) is 0.0126. The number of aromatic hydroxyl groups is 1. The van der Waals surface area contributed by atoms with E-state index in [1.807, 2.05) is 13.8 Å². The van der Waals surface area contributed by atoms with Gasteiger partial charge in [0, 0.05) is 0 Å². The van der Waals surface area contributed by atoms with Gasteiger partial charge < -0.3 is 0 Å². The zero-order valence-electron chi connectivity index (χ0n) is 15.5. The number of Topliss-reactive ketones (excluding diaryl/α,β-unsaturated/α-hetero) is 2. The van der Waals surface area contributed by atoms with E-state index in [0.29, 0.717) is 17.6 Å². The molecule has 2 heterocycles.